The molecule has 0 fully saturated rings. The number of benzene rings is 9. The van der Waals surface area contributed by atoms with Crippen LogP contribution in [0.2, 0.25) is 0 Å². The highest BCUT2D eigenvalue weighted by Gasteiger charge is 2.46. The van der Waals surface area contributed by atoms with Gasteiger partial charge in [-0.1, -0.05) is 183 Å². The predicted molar refractivity (Wildman–Crippen MR) is 270 cm³/mol. The van der Waals surface area contributed by atoms with Gasteiger partial charge in [0.05, 0.1) is 16.4 Å². The Morgan fingerprint density at radius 2 is 1.09 bits per heavy atom. The van der Waals surface area contributed by atoms with Crippen molar-refractivity contribution in [3.63, 3.8) is 0 Å². The van der Waals surface area contributed by atoms with E-state index in [1.807, 2.05) is 6.07 Å². The molecule has 0 bridgehead atoms. The van der Waals surface area contributed by atoms with Gasteiger partial charge in [-0.2, -0.15) is 0 Å². The molecule has 1 N–H and O–H groups in total. The second kappa shape index (κ2) is 15.4. The highest BCUT2D eigenvalue weighted by atomic mass is 15.0. The van der Waals surface area contributed by atoms with E-state index in [9.17, 15) is 0 Å². The van der Waals surface area contributed by atoms with Crippen molar-refractivity contribution in [3.05, 3.63) is 264 Å². The third-order valence-corrected chi connectivity index (χ3v) is 13.6. The van der Waals surface area contributed by atoms with Gasteiger partial charge in [0.25, 0.3) is 0 Å². The molecule has 0 amide bonds. The largest absolute Gasteiger partial charge is 0.355 e. The van der Waals surface area contributed by atoms with Crippen molar-refractivity contribution in [1.82, 2.24) is 4.57 Å². The van der Waals surface area contributed by atoms with Crippen molar-refractivity contribution in [2.75, 3.05) is 5.32 Å². The Labute approximate surface area is 375 Å². The first-order valence-corrected chi connectivity index (χ1v) is 22.5. The fourth-order valence-corrected chi connectivity index (χ4v) is 10.5. The van der Waals surface area contributed by atoms with E-state index in [0.29, 0.717) is 5.92 Å². The van der Waals surface area contributed by atoms with Crippen molar-refractivity contribution in [1.29, 1.82) is 0 Å². The Balaban J connectivity index is 1.08. The predicted octanol–water partition coefficient (Wildman–Crippen LogP) is 16.2. The van der Waals surface area contributed by atoms with E-state index in [0.717, 1.165) is 29.0 Å². The monoisotopic (exact) mass is 818 g/mol. The summed E-state index contributed by atoms with van der Waals surface area (Å²) in [5.74, 6) is 0.579. The van der Waals surface area contributed by atoms with Crippen LogP contribution in [0.3, 0.4) is 0 Å². The van der Waals surface area contributed by atoms with Crippen LogP contribution >= 0.6 is 0 Å². The SMILES string of the molecule is CC1C=CC(c2ccc(-n3c4ccc(-c5cccc(-c6ccccc6Nc6ccccc6)c5)cc4c4cc5c(cc43)-c3ccccc3C5(c3ccccc3)c3ccccc3)cc2)=CC1. The fraction of sp³-hybridized carbons (Fsp3) is 0.0645. The number of nitrogens with zero attached hydrogens (tertiary/aromatic N) is 1. The minimum atomic E-state index is -0.495. The normalized spacial score (nSPS) is 14.9. The van der Waals surface area contributed by atoms with Crippen LogP contribution in [0.25, 0.3) is 66.4 Å². The summed E-state index contributed by atoms with van der Waals surface area (Å²) < 4.78 is 2.49. The summed E-state index contributed by atoms with van der Waals surface area (Å²) in [5.41, 5.74) is 20.2. The smallest absolute Gasteiger partial charge is 0.0713 e. The topological polar surface area (TPSA) is 17.0 Å². The Bertz CT molecular complexity index is 3390. The van der Waals surface area contributed by atoms with Gasteiger partial charge in [-0.25, -0.2) is 0 Å². The molecule has 2 aliphatic rings. The summed E-state index contributed by atoms with van der Waals surface area (Å²) in [6, 6.07) is 80.6. The number of fused-ring (bicyclic) bond motifs is 6. The summed E-state index contributed by atoms with van der Waals surface area (Å²) >= 11 is 0. The third-order valence-electron chi connectivity index (χ3n) is 13.6. The average Bonchev–Trinajstić information content (AvgIpc) is 3.84. The molecule has 304 valence electrons. The molecule has 0 aliphatic heterocycles. The number of hydrogen-bond acceptors (Lipinski definition) is 1. The van der Waals surface area contributed by atoms with Crippen molar-refractivity contribution in [2.45, 2.75) is 18.8 Å². The molecule has 9 aromatic carbocycles. The van der Waals surface area contributed by atoms with Gasteiger partial charge in [-0.3, -0.25) is 0 Å². The van der Waals surface area contributed by atoms with E-state index < -0.39 is 5.41 Å². The van der Waals surface area contributed by atoms with Gasteiger partial charge in [0.2, 0.25) is 0 Å². The molecule has 2 aliphatic carbocycles. The lowest BCUT2D eigenvalue weighted by Gasteiger charge is -2.34. The van der Waals surface area contributed by atoms with Gasteiger partial charge < -0.3 is 9.88 Å². The zero-order valence-corrected chi connectivity index (χ0v) is 35.7. The van der Waals surface area contributed by atoms with Crippen LogP contribution in [0.1, 0.15) is 41.2 Å². The molecule has 1 unspecified atom stereocenters. The molecule has 64 heavy (non-hydrogen) atoms. The van der Waals surface area contributed by atoms with Crippen LogP contribution in [-0.2, 0) is 5.41 Å². The summed E-state index contributed by atoms with van der Waals surface area (Å²) in [7, 11) is 0. The number of rotatable bonds is 8. The number of anilines is 2. The summed E-state index contributed by atoms with van der Waals surface area (Å²) in [6.07, 6.45) is 8.06. The summed E-state index contributed by atoms with van der Waals surface area (Å²) in [5, 5.41) is 6.13. The van der Waals surface area contributed by atoms with Gasteiger partial charge >= 0.3 is 0 Å². The minimum absolute atomic E-state index is 0.495. The molecule has 2 nitrogen and oxygen atoms in total. The van der Waals surface area contributed by atoms with E-state index in [2.05, 4.69) is 247 Å². The molecular weight excluding hydrogens is 773 g/mol. The maximum absolute atomic E-state index is 3.66. The van der Waals surface area contributed by atoms with Crippen LogP contribution in [0.15, 0.2) is 237 Å². The Morgan fingerprint density at radius 3 is 1.83 bits per heavy atom. The molecular formula is C62H46N2. The van der Waals surface area contributed by atoms with Gasteiger partial charge in [0, 0.05) is 33.4 Å². The molecule has 1 aromatic heterocycles. The van der Waals surface area contributed by atoms with Crippen LogP contribution in [0, 0.1) is 5.92 Å². The molecule has 1 atom stereocenters. The second-order valence-electron chi connectivity index (χ2n) is 17.4. The molecule has 2 heteroatoms. The first-order valence-electron chi connectivity index (χ1n) is 22.5. The molecule has 0 saturated heterocycles. The number of nitrogens with one attached hydrogen (secondary N) is 1. The summed E-state index contributed by atoms with van der Waals surface area (Å²) in [4.78, 5) is 0. The first-order chi connectivity index (χ1) is 31.6. The molecule has 12 rings (SSSR count). The quantitative estimate of drug-likeness (QED) is 0.162. The molecule has 0 saturated carbocycles. The molecule has 0 radical (unpaired) electrons. The Kier molecular flexibility index (Phi) is 9.12. The zero-order chi connectivity index (χ0) is 42.6. The maximum Gasteiger partial charge on any atom is 0.0713 e. The van der Waals surface area contributed by atoms with Crippen molar-refractivity contribution in [3.8, 4) is 39.1 Å². The van der Waals surface area contributed by atoms with Crippen molar-refractivity contribution in [2.24, 2.45) is 5.92 Å². The van der Waals surface area contributed by atoms with Crippen molar-refractivity contribution < 1.29 is 0 Å². The molecule has 10 aromatic rings. The van der Waals surface area contributed by atoms with Gasteiger partial charge in [-0.15, -0.1) is 0 Å². The van der Waals surface area contributed by atoms with Crippen molar-refractivity contribution >= 4 is 38.8 Å². The van der Waals surface area contributed by atoms with Crippen LogP contribution < -0.4 is 5.32 Å². The number of aromatic nitrogens is 1. The number of para-hydroxylation sites is 2. The lowest BCUT2D eigenvalue weighted by atomic mass is 9.67. The lowest BCUT2D eigenvalue weighted by molar-refractivity contribution is 0.739. The second-order valence-corrected chi connectivity index (χ2v) is 17.4. The van der Waals surface area contributed by atoms with E-state index in [1.54, 1.807) is 0 Å². The highest BCUT2D eigenvalue weighted by molar-refractivity contribution is 6.13. The van der Waals surface area contributed by atoms with Gasteiger partial charge in [0.15, 0.2) is 0 Å². The molecule has 1 heterocycles. The van der Waals surface area contributed by atoms with E-state index in [1.165, 1.54) is 83.0 Å². The first kappa shape index (κ1) is 37.8. The average molecular weight is 819 g/mol. The van der Waals surface area contributed by atoms with Gasteiger partial charge in [0.1, 0.15) is 0 Å². The third kappa shape index (κ3) is 6.17. The fourth-order valence-electron chi connectivity index (χ4n) is 10.5. The van der Waals surface area contributed by atoms with Crippen LogP contribution in [-0.4, -0.2) is 4.57 Å². The number of allylic oxidation sites excluding steroid dienone is 4. The standard InChI is InChI=1S/C62H46N2/c1-42-28-30-43(31-29-42)44-32-35-51(36-33-44)64-60-37-34-46(45-16-15-17-47(38-45)52-24-12-14-27-59(52)63-50-22-9-4-10-23-50)39-55(60)56-40-58-54(41-61(56)64)53-25-11-13-26-57(53)62(58,48-18-5-2-6-19-48)49-20-7-3-8-21-49/h2-28,30-42,63H,29H2,1H3. The van der Waals surface area contributed by atoms with Gasteiger partial charge in [-0.05, 0) is 134 Å². The van der Waals surface area contributed by atoms with Crippen LogP contribution in [0.4, 0.5) is 11.4 Å². The summed E-state index contributed by atoms with van der Waals surface area (Å²) in [6.45, 7) is 2.28. The Morgan fingerprint density at radius 1 is 0.469 bits per heavy atom. The molecule has 0 spiro atoms. The maximum atomic E-state index is 3.66. The van der Waals surface area contributed by atoms with E-state index in [4.69, 9.17) is 0 Å². The Hall–Kier alpha value is -7.94. The van der Waals surface area contributed by atoms with E-state index in [-0.39, 0.29) is 0 Å². The van der Waals surface area contributed by atoms with Crippen LogP contribution in [0.5, 0.6) is 0 Å². The number of hydrogen-bond donors (Lipinski definition) is 1. The zero-order valence-electron chi connectivity index (χ0n) is 35.7. The minimum Gasteiger partial charge on any atom is -0.355 e. The van der Waals surface area contributed by atoms with E-state index >= 15 is 0 Å². The lowest BCUT2D eigenvalue weighted by Crippen LogP contribution is -2.28. The highest BCUT2D eigenvalue weighted by Crippen LogP contribution is 2.57.